The van der Waals surface area contributed by atoms with Gasteiger partial charge in [0.25, 0.3) is 5.91 Å². The van der Waals surface area contributed by atoms with Gasteiger partial charge in [0.05, 0.1) is 11.3 Å². The Balaban J connectivity index is 1.40. The molecule has 0 fully saturated rings. The maximum Gasteiger partial charge on any atom is 0.416 e. The maximum atomic E-state index is 12.5. The van der Waals surface area contributed by atoms with Crippen molar-refractivity contribution in [1.82, 2.24) is 5.32 Å². The highest BCUT2D eigenvalue weighted by Crippen LogP contribution is 2.32. The summed E-state index contributed by atoms with van der Waals surface area (Å²) in [5.74, 6) is 0.909. The highest BCUT2D eigenvalue weighted by Gasteiger charge is 2.29. The number of benzene rings is 2. The van der Waals surface area contributed by atoms with Crippen molar-refractivity contribution in [3.8, 4) is 11.5 Å². The van der Waals surface area contributed by atoms with Crippen molar-refractivity contribution in [2.45, 2.75) is 19.5 Å². The standard InChI is InChI=1S/C20H19F3N2O4/c1-13(15-4-7-17-18(10-15)28-12-27-17)25-29-11-19(26)24-9-8-14-2-5-16(6-3-14)20(21,22)23/h2-7,10H,8-9,11-12H2,1H3,(H,24,26)/b25-13+. The zero-order chi connectivity index (χ0) is 20.9. The van der Waals surface area contributed by atoms with Crippen LogP contribution in [0.5, 0.6) is 11.5 Å². The van der Waals surface area contributed by atoms with Gasteiger partial charge in [0.15, 0.2) is 18.1 Å². The molecule has 6 nitrogen and oxygen atoms in total. The van der Waals surface area contributed by atoms with E-state index in [0.29, 0.717) is 29.2 Å². The van der Waals surface area contributed by atoms with E-state index in [1.807, 2.05) is 0 Å². The average molecular weight is 408 g/mol. The second kappa shape index (κ2) is 8.85. The number of alkyl halides is 3. The summed E-state index contributed by atoms with van der Waals surface area (Å²) in [6.45, 7) is 1.92. The van der Waals surface area contributed by atoms with E-state index in [1.54, 1.807) is 25.1 Å². The summed E-state index contributed by atoms with van der Waals surface area (Å²) in [7, 11) is 0. The van der Waals surface area contributed by atoms with Gasteiger partial charge in [-0.1, -0.05) is 17.3 Å². The van der Waals surface area contributed by atoms with Gasteiger partial charge in [-0.05, 0) is 49.2 Å². The molecule has 0 aliphatic carbocycles. The van der Waals surface area contributed by atoms with E-state index in [0.717, 1.165) is 17.7 Å². The molecular weight excluding hydrogens is 389 g/mol. The summed E-state index contributed by atoms with van der Waals surface area (Å²) in [5, 5.41) is 6.54. The summed E-state index contributed by atoms with van der Waals surface area (Å²) in [6.07, 6.45) is -3.95. The topological polar surface area (TPSA) is 69.2 Å². The van der Waals surface area contributed by atoms with Crippen LogP contribution in [0.4, 0.5) is 13.2 Å². The Morgan fingerprint density at radius 2 is 1.86 bits per heavy atom. The van der Waals surface area contributed by atoms with Crippen LogP contribution in [-0.2, 0) is 22.2 Å². The smallest absolute Gasteiger partial charge is 0.416 e. The van der Waals surface area contributed by atoms with Crippen LogP contribution >= 0.6 is 0 Å². The Morgan fingerprint density at radius 3 is 2.59 bits per heavy atom. The number of amides is 1. The van der Waals surface area contributed by atoms with E-state index < -0.39 is 11.7 Å². The third kappa shape index (κ3) is 5.63. The lowest BCUT2D eigenvalue weighted by Gasteiger charge is -2.08. The molecule has 2 aromatic carbocycles. The lowest BCUT2D eigenvalue weighted by Crippen LogP contribution is -2.29. The first-order valence-electron chi connectivity index (χ1n) is 8.82. The van der Waals surface area contributed by atoms with Crippen LogP contribution in [0.25, 0.3) is 0 Å². The Labute approximate surface area is 165 Å². The third-order valence-corrected chi connectivity index (χ3v) is 4.20. The van der Waals surface area contributed by atoms with Gasteiger partial charge in [-0.3, -0.25) is 4.79 Å². The molecule has 154 valence electrons. The predicted molar refractivity (Wildman–Crippen MR) is 98.9 cm³/mol. The molecule has 0 aromatic heterocycles. The summed E-state index contributed by atoms with van der Waals surface area (Å²) in [4.78, 5) is 16.9. The molecule has 1 aliphatic heterocycles. The van der Waals surface area contributed by atoms with Crippen LogP contribution in [0, 0.1) is 0 Å². The molecule has 1 amide bonds. The van der Waals surface area contributed by atoms with E-state index in [2.05, 4.69) is 10.5 Å². The molecule has 0 radical (unpaired) electrons. The minimum atomic E-state index is -4.36. The van der Waals surface area contributed by atoms with Gasteiger partial charge >= 0.3 is 6.18 Å². The zero-order valence-electron chi connectivity index (χ0n) is 15.6. The van der Waals surface area contributed by atoms with Gasteiger partial charge < -0.3 is 19.6 Å². The first kappa shape index (κ1) is 20.5. The van der Waals surface area contributed by atoms with Gasteiger partial charge in [-0.2, -0.15) is 13.2 Å². The molecule has 0 saturated heterocycles. The van der Waals surface area contributed by atoms with E-state index in [4.69, 9.17) is 14.3 Å². The number of ether oxygens (including phenoxy) is 2. The van der Waals surface area contributed by atoms with Crippen molar-refractivity contribution >= 4 is 11.6 Å². The summed E-state index contributed by atoms with van der Waals surface area (Å²) < 4.78 is 48.1. The first-order valence-corrected chi connectivity index (χ1v) is 8.82. The molecule has 1 heterocycles. The number of carbonyl (C=O) groups is 1. The Bertz CT molecular complexity index is 896. The van der Waals surface area contributed by atoms with Crippen LogP contribution in [0.2, 0.25) is 0 Å². The fourth-order valence-corrected chi connectivity index (χ4v) is 2.62. The Hall–Kier alpha value is -3.23. The first-order chi connectivity index (χ1) is 13.8. The number of rotatable bonds is 7. The number of hydrogen-bond acceptors (Lipinski definition) is 5. The summed E-state index contributed by atoms with van der Waals surface area (Å²) in [5.41, 5.74) is 1.34. The molecule has 0 atom stereocenters. The second-order valence-electron chi connectivity index (χ2n) is 6.31. The quantitative estimate of drug-likeness (QED) is 0.562. The second-order valence-corrected chi connectivity index (χ2v) is 6.31. The lowest BCUT2D eigenvalue weighted by molar-refractivity contribution is -0.137. The monoisotopic (exact) mass is 408 g/mol. The largest absolute Gasteiger partial charge is 0.454 e. The van der Waals surface area contributed by atoms with Crippen LogP contribution < -0.4 is 14.8 Å². The highest BCUT2D eigenvalue weighted by atomic mass is 19.4. The zero-order valence-corrected chi connectivity index (χ0v) is 15.6. The molecule has 0 unspecified atom stereocenters. The number of fused-ring (bicyclic) bond motifs is 1. The van der Waals surface area contributed by atoms with Crippen molar-refractivity contribution in [2.75, 3.05) is 19.9 Å². The van der Waals surface area contributed by atoms with Crippen molar-refractivity contribution in [1.29, 1.82) is 0 Å². The number of nitrogens with one attached hydrogen (secondary N) is 1. The molecule has 0 spiro atoms. The van der Waals surface area contributed by atoms with Gasteiger partial charge in [0.2, 0.25) is 6.79 Å². The number of halogens is 3. The molecule has 1 N–H and O–H groups in total. The molecule has 9 heteroatoms. The molecule has 29 heavy (non-hydrogen) atoms. The SMILES string of the molecule is C/C(=N\OCC(=O)NCCc1ccc(C(F)(F)F)cc1)c1ccc2c(c1)OCO2. The fourth-order valence-electron chi connectivity index (χ4n) is 2.62. The molecule has 3 rings (SSSR count). The molecule has 2 aromatic rings. The van der Waals surface area contributed by atoms with Crippen molar-refractivity contribution in [3.05, 3.63) is 59.2 Å². The molecule has 0 bridgehead atoms. The molecule has 1 aliphatic rings. The number of nitrogens with zero attached hydrogens (tertiary/aromatic N) is 1. The normalized spacial score (nSPS) is 13.3. The fraction of sp³-hybridized carbons (Fsp3) is 0.300. The van der Waals surface area contributed by atoms with Crippen LogP contribution in [0.3, 0.4) is 0 Å². The van der Waals surface area contributed by atoms with E-state index >= 15 is 0 Å². The molecule has 0 saturated carbocycles. The van der Waals surface area contributed by atoms with Crippen molar-refractivity contribution < 1.29 is 32.3 Å². The maximum absolute atomic E-state index is 12.5. The average Bonchev–Trinajstić information content (AvgIpc) is 3.15. The Morgan fingerprint density at radius 1 is 1.14 bits per heavy atom. The number of carbonyl (C=O) groups excluding carboxylic acids is 1. The van der Waals surface area contributed by atoms with Gasteiger partial charge in [-0.15, -0.1) is 0 Å². The van der Waals surface area contributed by atoms with Crippen molar-refractivity contribution in [2.24, 2.45) is 5.16 Å². The van der Waals surface area contributed by atoms with Crippen LogP contribution in [0.1, 0.15) is 23.6 Å². The predicted octanol–water partition coefficient (Wildman–Crippen LogP) is 3.53. The molecular formula is C20H19F3N2O4. The summed E-state index contributed by atoms with van der Waals surface area (Å²) in [6, 6.07) is 10.2. The minimum Gasteiger partial charge on any atom is -0.454 e. The Kier molecular flexibility index (Phi) is 6.26. The third-order valence-electron chi connectivity index (χ3n) is 4.20. The van der Waals surface area contributed by atoms with Crippen LogP contribution in [-0.4, -0.2) is 31.6 Å². The van der Waals surface area contributed by atoms with Crippen LogP contribution in [0.15, 0.2) is 47.6 Å². The minimum absolute atomic E-state index is 0.179. The van der Waals surface area contributed by atoms with Gasteiger partial charge in [0.1, 0.15) is 0 Å². The summed E-state index contributed by atoms with van der Waals surface area (Å²) >= 11 is 0. The van der Waals surface area contributed by atoms with Crippen molar-refractivity contribution in [3.63, 3.8) is 0 Å². The van der Waals surface area contributed by atoms with Gasteiger partial charge in [-0.25, -0.2) is 0 Å². The van der Waals surface area contributed by atoms with E-state index in [1.165, 1.54) is 12.1 Å². The van der Waals surface area contributed by atoms with E-state index in [-0.39, 0.29) is 25.9 Å². The van der Waals surface area contributed by atoms with E-state index in [9.17, 15) is 18.0 Å². The number of oxime groups is 1. The highest BCUT2D eigenvalue weighted by molar-refractivity contribution is 5.99. The lowest BCUT2D eigenvalue weighted by atomic mass is 10.1. The van der Waals surface area contributed by atoms with Gasteiger partial charge in [0, 0.05) is 12.1 Å². The number of hydrogen-bond donors (Lipinski definition) is 1.